The van der Waals surface area contributed by atoms with E-state index < -0.39 is 0 Å². The van der Waals surface area contributed by atoms with Crippen LogP contribution in [0.15, 0.2) is 29.1 Å². The topological polar surface area (TPSA) is 45.2 Å². The van der Waals surface area contributed by atoms with Crippen LogP contribution in [0.4, 0.5) is 5.69 Å². The number of hydrogen-bond donors (Lipinski definition) is 1. The van der Waals surface area contributed by atoms with Crippen LogP contribution in [0.5, 0.6) is 0 Å². The average molecular weight is 273 g/mol. The number of nitrogens with zero attached hydrogens (tertiary/aromatic N) is 2. The second-order valence-corrected chi connectivity index (χ2v) is 5.41. The second kappa shape index (κ2) is 5.01. The number of carbonyl (C=O) groups is 1. The summed E-state index contributed by atoms with van der Waals surface area (Å²) in [4.78, 5) is 18.0. The normalized spacial score (nSPS) is 13.4. The molecule has 4 nitrogen and oxygen atoms in total. The second-order valence-electron chi connectivity index (χ2n) is 4.69. The molecule has 0 bridgehead atoms. The fourth-order valence-corrected chi connectivity index (χ4v) is 2.86. The first kappa shape index (κ1) is 12.2. The summed E-state index contributed by atoms with van der Waals surface area (Å²) >= 11 is 1.43. The number of fused-ring (bicyclic) bond motifs is 1. The Bertz CT molecular complexity index is 595. The maximum atomic E-state index is 11.8. The lowest BCUT2D eigenvalue weighted by Crippen LogP contribution is -2.23. The molecule has 0 unspecified atom stereocenters. The number of thiazole rings is 1. The van der Waals surface area contributed by atoms with Gasteiger partial charge in [0.25, 0.3) is 5.91 Å². The predicted molar refractivity (Wildman–Crippen MR) is 76.7 cm³/mol. The Kier molecular flexibility index (Phi) is 3.21. The van der Waals surface area contributed by atoms with Gasteiger partial charge >= 0.3 is 0 Å². The molecule has 1 aromatic heterocycles. The van der Waals surface area contributed by atoms with Crippen molar-refractivity contribution in [3.05, 3.63) is 45.9 Å². The van der Waals surface area contributed by atoms with E-state index in [4.69, 9.17) is 0 Å². The van der Waals surface area contributed by atoms with Crippen molar-refractivity contribution in [1.82, 2.24) is 10.3 Å². The number of rotatable bonds is 3. The Hall–Kier alpha value is -1.88. The van der Waals surface area contributed by atoms with E-state index in [9.17, 15) is 4.79 Å². The summed E-state index contributed by atoms with van der Waals surface area (Å²) in [6, 6.07) is 6.38. The molecule has 1 aromatic carbocycles. The monoisotopic (exact) mass is 273 g/mol. The van der Waals surface area contributed by atoms with E-state index in [2.05, 4.69) is 40.4 Å². The largest absolute Gasteiger partial charge is 0.374 e. The minimum Gasteiger partial charge on any atom is -0.374 e. The van der Waals surface area contributed by atoms with Crippen molar-refractivity contribution in [3.8, 4) is 0 Å². The zero-order valence-electron chi connectivity index (χ0n) is 10.7. The van der Waals surface area contributed by atoms with Crippen molar-refractivity contribution in [2.45, 2.75) is 13.0 Å². The molecule has 0 saturated heterocycles. The minimum atomic E-state index is -0.112. The third-order valence-corrected chi connectivity index (χ3v) is 3.98. The highest BCUT2D eigenvalue weighted by Gasteiger charge is 2.15. The van der Waals surface area contributed by atoms with Crippen molar-refractivity contribution < 1.29 is 4.79 Å². The molecule has 2 heterocycles. The molecular formula is C14H15N3OS. The molecule has 5 heteroatoms. The van der Waals surface area contributed by atoms with Crippen LogP contribution in [0.2, 0.25) is 0 Å². The van der Waals surface area contributed by atoms with Crippen molar-refractivity contribution in [2.24, 2.45) is 0 Å². The standard InChI is InChI=1S/C14H15N3OS/c1-17-5-4-11-6-10(2-3-13(11)17)7-15-14(18)12-8-19-9-16-12/h2-3,6,8-9H,4-5,7H2,1H3,(H,15,18). The van der Waals surface area contributed by atoms with Gasteiger partial charge in [-0.2, -0.15) is 0 Å². The molecule has 0 radical (unpaired) electrons. The Balaban J connectivity index is 1.66. The number of nitrogens with one attached hydrogen (secondary N) is 1. The van der Waals surface area contributed by atoms with Gasteiger partial charge in [-0.3, -0.25) is 4.79 Å². The number of aromatic nitrogens is 1. The minimum absolute atomic E-state index is 0.112. The van der Waals surface area contributed by atoms with Crippen LogP contribution >= 0.6 is 11.3 Å². The molecule has 0 atom stereocenters. The Morgan fingerprint density at radius 3 is 3.21 bits per heavy atom. The van der Waals surface area contributed by atoms with E-state index in [1.807, 2.05) is 0 Å². The van der Waals surface area contributed by atoms with Gasteiger partial charge in [0, 0.05) is 31.2 Å². The number of hydrogen-bond acceptors (Lipinski definition) is 4. The SMILES string of the molecule is CN1CCc2cc(CNC(=O)c3cscn3)ccc21. The summed E-state index contributed by atoms with van der Waals surface area (Å²) in [5, 5.41) is 4.65. The Labute approximate surface area is 116 Å². The van der Waals surface area contributed by atoms with Gasteiger partial charge < -0.3 is 10.2 Å². The molecule has 19 heavy (non-hydrogen) atoms. The van der Waals surface area contributed by atoms with Gasteiger partial charge in [0.1, 0.15) is 5.69 Å². The fourth-order valence-electron chi connectivity index (χ4n) is 2.33. The molecule has 1 aliphatic heterocycles. The fraction of sp³-hybridized carbons (Fsp3) is 0.286. The first-order valence-electron chi connectivity index (χ1n) is 6.23. The van der Waals surface area contributed by atoms with Crippen LogP contribution in [0.25, 0.3) is 0 Å². The number of amides is 1. The number of likely N-dealkylation sites (N-methyl/N-ethyl adjacent to an activating group) is 1. The summed E-state index contributed by atoms with van der Waals surface area (Å²) in [6.45, 7) is 1.62. The van der Waals surface area contributed by atoms with Crippen molar-refractivity contribution in [1.29, 1.82) is 0 Å². The molecule has 1 aliphatic rings. The van der Waals surface area contributed by atoms with Crippen LogP contribution < -0.4 is 10.2 Å². The maximum absolute atomic E-state index is 11.8. The quantitative estimate of drug-likeness (QED) is 0.931. The van der Waals surface area contributed by atoms with E-state index in [1.165, 1.54) is 22.6 Å². The molecule has 2 aromatic rings. The van der Waals surface area contributed by atoms with Crippen LogP contribution in [0, 0.1) is 0 Å². The van der Waals surface area contributed by atoms with Gasteiger partial charge in [-0.25, -0.2) is 4.98 Å². The summed E-state index contributed by atoms with van der Waals surface area (Å²) in [5.74, 6) is -0.112. The van der Waals surface area contributed by atoms with Gasteiger partial charge in [0.2, 0.25) is 0 Å². The molecule has 1 amide bonds. The average Bonchev–Trinajstić information content (AvgIpc) is 3.06. The van der Waals surface area contributed by atoms with Crippen molar-refractivity contribution in [2.75, 3.05) is 18.5 Å². The molecular weight excluding hydrogens is 258 g/mol. The molecule has 3 rings (SSSR count). The number of anilines is 1. The lowest BCUT2D eigenvalue weighted by Gasteiger charge is -2.12. The van der Waals surface area contributed by atoms with E-state index >= 15 is 0 Å². The Morgan fingerprint density at radius 1 is 1.53 bits per heavy atom. The highest BCUT2D eigenvalue weighted by Crippen LogP contribution is 2.27. The maximum Gasteiger partial charge on any atom is 0.271 e. The highest BCUT2D eigenvalue weighted by molar-refractivity contribution is 7.07. The van der Waals surface area contributed by atoms with Crippen molar-refractivity contribution in [3.63, 3.8) is 0 Å². The Morgan fingerprint density at radius 2 is 2.42 bits per heavy atom. The van der Waals surface area contributed by atoms with Crippen LogP contribution in [-0.2, 0) is 13.0 Å². The van der Waals surface area contributed by atoms with E-state index in [0.29, 0.717) is 12.2 Å². The zero-order valence-corrected chi connectivity index (χ0v) is 11.5. The third kappa shape index (κ3) is 2.46. The van der Waals surface area contributed by atoms with Crippen LogP contribution in [-0.4, -0.2) is 24.5 Å². The lowest BCUT2D eigenvalue weighted by atomic mass is 10.1. The number of carbonyl (C=O) groups excluding carboxylic acids is 1. The van der Waals surface area contributed by atoms with Crippen molar-refractivity contribution >= 4 is 22.9 Å². The van der Waals surface area contributed by atoms with Crippen LogP contribution in [0.3, 0.4) is 0 Å². The van der Waals surface area contributed by atoms with Gasteiger partial charge in [-0.1, -0.05) is 12.1 Å². The van der Waals surface area contributed by atoms with Gasteiger partial charge in [0.15, 0.2) is 0 Å². The smallest absolute Gasteiger partial charge is 0.271 e. The molecule has 0 spiro atoms. The lowest BCUT2D eigenvalue weighted by molar-refractivity contribution is 0.0946. The summed E-state index contributed by atoms with van der Waals surface area (Å²) < 4.78 is 0. The summed E-state index contributed by atoms with van der Waals surface area (Å²) in [6.07, 6.45) is 1.08. The van der Waals surface area contributed by atoms with E-state index in [0.717, 1.165) is 18.5 Å². The van der Waals surface area contributed by atoms with Gasteiger partial charge in [0.05, 0.1) is 5.51 Å². The first-order chi connectivity index (χ1) is 9.24. The highest BCUT2D eigenvalue weighted by atomic mass is 32.1. The molecule has 98 valence electrons. The summed E-state index contributed by atoms with van der Waals surface area (Å²) in [5.41, 5.74) is 5.96. The zero-order chi connectivity index (χ0) is 13.2. The molecule has 0 aliphatic carbocycles. The van der Waals surface area contributed by atoms with E-state index in [-0.39, 0.29) is 5.91 Å². The molecule has 0 fully saturated rings. The summed E-state index contributed by atoms with van der Waals surface area (Å²) in [7, 11) is 2.11. The third-order valence-electron chi connectivity index (χ3n) is 3.39. The number of benzene rings is 1. The van der Waals surface area contributed by atoms with Crippen LogP contribution in [0.1, 0.15) is 21.6 Å². The van der Waals surface area contributed by atoms with E-state index in [1.54, 1.807) is 10.9 Å². The van der Waals surface area contributed by atoms with Gasteiger partial charge in [-0.05, 0) is 23.6 Å². The molecule has 1 N–H and O–H groups in total. The first-order valence-corrected chi connectivity index (χ1v) is 7.17. The predicted octanol–water partition coefficient (Wildman–Crippen LogP) is 2.07. The van der Waals surface area contributed by atoms with Gasteiger partial charge in [-0.15, -0.1) is 11.3 Å². The molecule has 0 saturated carbocycles.